The molecule has 3 heterocycles. The summed E-state index contributed by atoms with van der Waals surface area (Å²) in [6.07, 6.45) is 4.00. The average molecular weight is 247 g/mol. The summed E-state index contributed by atoms with van der Waals surface area (Å²) in [6.45, 7) is 0. The zero-order valence-corrected chi connectivity index (χ0v) is 8.48. The SMILES string of the molecule is Cl.c1nn[nH]n1.c1nn[nH]n1.c1nn[nH]n1. The number of rotatable bonds is 0. The van der Waals surface area contributed by atoms with Gasteiger partial charge in [0.2, 0.25) is 0 Å². The lowest BCUT2D eigenvalue weighted by atomic mass is 11.4. The van der Waals surface area contributed by atoms with E-state index in [2.05, 4.69) is 61.9 Å². The van der Waals surface area contributed by atoms with Crippen LogP contribution in [0.25, 0.3) is 0 Å². The lowest BCUT2D eigenvalue weighted by molar-refractivity contribution is 0.881. The van der Waals surface area contributed by atoms with E-state index in [0.717, 1.165) is 0 Å². The van der Waals surface area contributed by atoms with E-state index in [1.165, 1.54) is 19.0 Å². The highest BCUT2D eigenvalue weighted by Gasteiger charge is 1.59. The number of halogens is 1. The largest absolute Gasteiger partial charge is 0.177 e. The van der Waals surface area contributed by atoms with E-state index in [9.17, 15) is 0 Å². The molecule has 0 spiro atoms. The van der Waals surface area contributed by atoms with Crippen LogP contribution in [-0.2, 0) is 0 Å². The molecule has 0 aliphatic rings. The van der Waals surface area contributed by atoms with Gasteiger partial charge in [-0.1, -0.05) is 15.6 Å². The number of nitrogens with one attached hydrogen (secondary N) is 3. The predicted octanol–water partition coefficient (Wildman–Crippen LogP) is -1.98. The molecule has 0 aliphatic carbocycles. The first kappa shape index (κ1) is 13.5. The molecule has 0 aliphatic heterocycles. The van der Waals surface area contributed by atoms with E-state index in [1.54, 1.807) is 0 Å². The fourth-order valence-electron chi connectivity index (χ4n) is 0.387. The highest BCUT2D eigenvalue weighted by molar-refractivity contribution is 5.85. The van der Waals surface area contributed by atoms with Gasteiger partial charge in [-0.25, -0.2) is 0 Å². The highest BCUT2D eigenvalue weighted by Crippen LogP contribution is 1.44. The van der Waals surface area contributed by atoms with Crippen LogP contribution in [0.2, 0.25) is 0 Å². The van der Waals surface area contributed by atoms with Gasteiger partial charge in [0, 0.05) is 0 Å². The third kappa shape index (κ3) is 8.11. The lowest BCUT2D eigenvalue weighted by Gasteiger charge is -1.44. The Morgan fingerprint density at radius 3 is 0.938 bits per heavy atom. The van der Waals surface area contributed by atoms with E-state index in [4.69, 9.17) is 0 Å². The molecule has 12 nitrogen and oxygen atoms in total. The van der Waals surface area contributed by atoms with E-state index < -0.39 is 0 Å². The topological polar surface area (TPSA) is 163 Å². The Balaban J connectivity index is 0.000000205. The molecule has 0 radical (unpaired) electrons. The summed E-state index contributed by atoms with van der Waals surface area (Å²) in [7, 11) is 0. The Labute approximate surface area is 94.0 Å². The van der Waals surface area contributed by atoms with Crippen molar-refractivity contribution in [2.45, 2.75) is 0 Å². The molecule has 0 unspecified atom stereocenters. The molecule has 16 heavy (non-hydrogen) atoms. The minimum absolute atomic E-state index is 0. The minimum atomic E-state index is 0. The molecule has 3 rings (SSSR count). The molecule has 0 saturated heterocycles. The van der Waals surface area contributed by atoms with Crippen molar-refractivity contribution in [1.29, 1.82) is 0 Å². The van der Waals surface area contributed by atoms with Gasteiger partial charge in [0.1, 0.15) is 0 Å². The highest BCUT2D eigenvalue weighted by atomic mass is 35.5. The molecule has 0 atom stereocenters. The van der Waals surface area contributed by atoms with E-state index in [-0.39, 0.29) is 12.4 Å². The molecule has 0 bridgehead atoms. The van der Waals surface area contributed by atoms with Crippen LogP contribution in [0.1, 0.15) is 0 Å². The summed E-state index contributed by atoms with van der Waals surface area (Å²) in [6, 6.07) is 0. The van der Waals surface area contributed by atoms with Crippen LogP contribution in [0.3, 0.4) is 0 Å². The number of H-pyrrole nitrogens is 3. The van der Waals surface area contributed by atoms with Crippen molar-refractivity contribution in [1.82, 2.24) is 61.9 Å². The van der Waals surface area contributed by atoms with Gasteiger partial charge < -0.3 is 0 Å². The normalized spacial score (nSPS) is 7.50. The standard InChI is InChI=1S/3CH2N4.ClH/c3*1-2-4-5-3-1;/h3*1H,(H,2,3,4,5);1H. The van der Waals surface area contributed by atoms with Gasteiger partial charge in [0.15, 0.2) is 19.0 Å². The summed E-state index contributed by atoms with van der Waals surface area (Å²) in [5.74, 6) is 0. The Hall–Kier alpha value is -2.50. The van der Waals surface area contributed by atoms with Gasteiger partial charge in [0.05, 0.1) is 0 Å². The Bertz CT molecular complexity index is 248. The van der Waals surface area contributed by atoms with Crippen molar-refractivity contribution in [2.75, 3.05) is 0 Å². The number of aromatic amines is 3. The summed E-state index contributed by atoms with van der Waals surface area (Å²) in [5.41, 5.74) is 0. The number of hydrogen-bond acceptors (Lipinski definition) is 9. The second-order valence-electron chi connectivity index (χ2n) is 1.68. The van der Waals surface area contributed by atoms with E-state index >= 15 is 0 Å². The molecule has 0 amide bonds. The maximum atomic E-state index is 3.38. The van der Waals surface area contributed by atoms with Crippen LogP contribution in [0.4, 0.5) is 0 Å². The first-order valence-corrected chi connectivity index (χ1v) is 3.49. The number of nitrogens with zero attached hydrogens (tertiary/aromatic N) is 9. The van der Waals surface area contributed by atoms with Crippen molar-refractivity contribution in [2.24, 2.45) is 0 Å². The minimum Gasteiger partial charge on any atom is -0.177 e. The number of tetrazole rings is 3. The smallest absolute Gasteiger partial charge is 0.161 e. The van der Waals surface area contributed by atoms with E-state index in [0.29, 0.717) is 0 Å². The Morgan fingerprint density at radius 1 is 0.562 bits per heavy atom. The summed E-state index contributed by atoms with van der Waals surface area (Å²) in [4.78, 5) is 0. The zero-order valence-electron chi connectivity index (χ0n) is 7.67. The van der Waals surface area contributed by atoms with Crippen molar-refractivity contribution in [3.8, 4) is 0 Å². The predicted molar refractivity (Wildman–Crippen MR) is 49.8 cm³/mol. The van der Waals surface area contributed by atoms with Gasteiger partial charge in [-0.3, -0.25) is 0 Å². The third-order valence-electron chi connectivity index (χ3n) is 0.809. The molecule has 3 aromatic rings. The summed E-state index contributed by atoms with van der Waals surface area (Å²) >= 11 is 0. The van der Waals surface area contributed by atoms with Gasteiger partial charge >= 0.3 is 0 Å². The van der Waals surface area contributed by atoms with Crippen LogP contribution < -0.4 is 0 Å². The molecule has 3 N–H and O–H groups in total. The average Bonchev–Trinajstić information content (AvgIpc) is 3.09. The van der Waals surface area contributed by atoms with Gasteiger partial charge in [-0.05, 0) is 0 Å². The molecular formula is C3H7ClN12. The first-order chi connectivity index (χ1) is 7.50. The second kappa shape index (κ2) is 10.6. The van der Waals surface area contributed by atoms with Crippen LogP contribution >= 0.6 is 12.4 Å². The Kier molecular flexibility index (Phi) is 8.93. The van der Waals surface area contributed by atoms with Crippen molar-refractivity contribution in [3.05, 3.63) is 19.0 Å². The molecule has 13 heteroatoms. The van der Waals surface area contributed by atoms with Gasteiger partial charge in [-0.2, -0.15) is 15.6 Å². The van der Waals surface area contributed by atoms with Crippen LogP contribution in [0.15, 0.2) is 19.0 Å². The molecule has 0 aromatic carbocycles. The summed E-state index contributed by atoms with van der Waals surface area (Å²) < 4.78 is 0. The van der Waals surface area contributed by atoms with Crippen LogP contribution in [-0.4, -0.2) is 61.9 Å². The maximum absolute atomic E-state index is 3.38. The monoisotopic (exact) mass is 246 g/mol. The van der Waals surface area contributed by atoms with Gasteiger partial charge in [-0.15, -0.1) is 43.0 Å². The first-order valence-electron chi connectivity index (χ1n) is 3.49. The van der Waals surface area contributed by atoms with E-state index in [1.807, 2.05) is 0 Å². The maximum Gasteiger partial charge on any atom is 0.161 e. The van der Waals surface area contributed by atoms with Crippen molar-refractivity contribution in [3.63, 3.8) is 0 Å². The molecule has 3 aromatic heterocycles. The third-order valence-corrected chi connectivity index (χ3v) is 0.809. The van der Waals surface area contributed by atoms with Crippen LogP contribution in [0.5, 0.6) is 0 Å². The number of hydrogen-bond donors (Lipinski definition) is 3. The van der Waals surface area contributed by atoms with Gasteiger partial charge in [0.25, 0.3) is 0 Å². The fourth-order valence-corrected chi connectivity index (χ4v) is 0.387. The second-order valence-corrected chi connectivity index (χ2v) is 1.68. The van der Waals surface area contributed by atoms with Crippen molar-refractivity contribution < 1.29 is 0 Å². The Morgan fingerprint density at radius 2 is 0.875 bits per heavy atom. The molecular weight excluding hydrogens is 240 g/mol. The molecule has 86 valence electrons. The molecule has 0 saturated carbocycles. The number of aromatic nitrogens is 12. The van der Waals surface area contributed by atoms with Crippen molar-refractivity contribution >= 4 is 12.4 Å². The fraction of sp³-hybridized carbons (Fsp3) is 0. The van der Waals surface area contributed by atoms with Crippen LogP contribution in [0, 0.1) is 0 Å². The zero-order chi connectivity index (χ0) is 10.6. The quantitative estimate of drug-likeness (QED) is 0.408. The summed E-state index contributed by atoms with van der Waals surface area (Å²) in [5, 5.41) is 36.5. The lowest BCUT2D eigenvalue weighted by Crippen LogP contribution is -1.64. The molecule has 0 fully saturated rings.